The molecule has 0 saturated heterocycles. The molecule has 0 aromatic heterocycles. The molecule has 0 fully saturated rings. The van der Waals surface area contributed by atoms with Crippen molar-refractivity contribution in [3.63, 3.8) is 0 Å². The summed E-state index contributed by atoms with van der Waals surface area (Å²) < 4.78 is 5.17. The van der Waals surface area contributed by atoms with Crippen LogP contribution in [0.15, 0.2) is 18.2 Å². The number of methoxy groups -OCH3 is 1. The van der Waals surface area contributed by atoms with Crippen LogP contribution in [-0.4, -0.2) is 30.9 Å². The first-order valence-corrected chi connectivity index (χ1v) is 6.79. The van der Waals surface area contributed by atoms with Gasteiger partial charge in [-0.25, -0.2) is 4.79 Å². The van der Waals surface area contributed by atoms with E-state index in [1.165, 1.54) is 0 Å². The zero-order chi connectivity index (χ0) is 15.1. The lowest BCUT2D eigenvalue weighted by molar-refractivity contribution is 0.214. The first-order valence-electron chi connectivity index (χ1n) is 6.79. The maximum Gasteiger partial charge on any atom is 0.319 e. The number of carbonyl (C=O) groups is 1. The Labute approximate surface area is 120 Å². The quantitative estimate of drug-likeness (QED) is 0.750. The summed E-state index contributed by atoms with van der Waals surface area (Å²) in [5.74, 6) is 1.19. The number of hydrogen-bond donors (Lipinski definition) is 3. The third-order valence-electron chi connectivity index (χ3n) is 2.96. The minimum atomic E-state index is -0.311. The van der Waals surface area contributed by atoms with Crippen LogP contribution in [0.4, 0.5) is 10.5 Å². The molecule has 1 aromatic carbocycles. The Hall–Kier alpha value is -1.75. The Morgan fingerprint density at radius 2 is 2.10 bits per heavy atom. The second kappa shape index (κ2) is 7.75. The van der Waals surface area contributed by atoms with Gasteiger partial charge in [-0.15, -0.1) is 0 Å². The molecule has 0 aliphatic carbocycles. The minimum absolute atomic E-state index is 0.0623. The van der Waals surface area contributed by atoms with Crippen LogP contribution in [0, 0.1) is 12.8 Å². The Balaban J connectivity index is 2.59. The Kier molecular flexibility index (Phi) is 6.31. The molecule has 1 aromatic rings. The fourth-order valence-electron chi connectivity index (χ4n) is 2.06. The van der Waals surface area contributed by atoms with Crippen LogP contribution in [0.3, 0.4) is 0 Å². The largest absolute Gasteiger partial charge is 0.496 e. The van der Waals surface area contributed by atoms with E-state index in [2.05, 4.69) is 24.5 Å². The van der Waals surface area contributed by atoms with Gasteiger partial charge in [0.15, 0.2) is 0 Å². The van der Waals surface area contributed by atoms with Crippen molar-refractivity contribution < 1.29 is 14.6 Å². The molecule has 112 valence electrons. The number of hydrogen-bond acceptors (Lipinski definition) is 3. The summed E-state index contributed by atoms with van der Waals surface area (Å²) in [6.07, 6.45) is 0.742. The molecule has 5 heteroatoms. The van der Waals surface area contributed by atoms with Crippen molar-refractivity contribution in [2.75, 3.05) is 19.0 Å². The molecule has 0 aliphatic rings. The van der Waals surface area contributed by atoms with Crippen molar-refractivity contribution in [1.29, 1.82) is 0 Å². The van der Waals surface area contributed by atoms with Crippen molar-refractivity contribution in [3.05, 3.63) is 23.8 Å². The average Bonchev–Trinajstić information content (AvgIpc) is 2.37. The van der Waals surface area contributed by atoms with Crippen LogP contribution in [0.1, 0.15) is 25.8 Å². The van der Waals surface area contributed by atoms with Crippen LogP contribution in [0.5, 0.6) is 5.75 Å². The number of nitrogens with one attached hydrogen (secondary N) is 2. The number of amides is 2. The highest BCUT2D eigenvalue weighted by Gasteiger charge is 2.13. The van der Waals surface area contributed by atoms with E-state index in [-0.39, 0.29) is 18.7 Å². The Bertz CT molecular complexity index is 447. The molecule has 1 unspecified atom stereocenters. The molecule has 2 amide bonds. The number of carbonyl (C=O) groups excluding carboxylic acids is 1. The highest BCUT2D eigenvalue weighted by molar-refractivity contribution is 5.89. The smallest absolute Gasteiger partial charge is 0.319 e. The number of urea groups is 1. The van der Waals surface area contributed by atoms with Crippen LogP contribution < -0.4 is 15.4 Å². The summed E-state index contributed by atoms with van der Waals surface area (Å²) in [6, 6.07) is 4.89. The highest BCUT2D eigenvalue weighted by Crippen LogP contribution is 2.21. The van der Waals surface area contributed by atoms with E-state index in [0.717, 1.165) is 17.7 Å². The van der Waals surface area contributed by atoms with E-state index < -0.39 is 0 Å². The minimum Gasteiger partial charge on any atom is -0.496 e. The standard InChI is InChI=1S/C15H24N2O3/c1-10(2)7-13(9-18)17-15(19)16-12-5-6-14(20-4)11(3)8-12/h5-6,8,10,13,18H,7,9H2,1-4H3,(H2,16,17,19). The van der Waals surface area contributed by atoms with Crippen LogP contribution in [0.2, 0.25) is 0 Å². The third kappa shape index (κ3) is 5.09. The molecule has 5 nitrogen and oxygen atoms in total. The maximum absolute atomic E-state index is 11.9. The Morgan fingerprint density at radius 3 is 2.60 bits per heavy atom. The number of anilines is 1. The number of aliphatic hydroxyl groups excluding tert-OH is 1. The van der Waals surface area contributed by atoms with E-state index >= 15 is 0 Å². The molecule has 0 saturated carbocycles. The van der Waals surface area contributed by atoms with E-state index in [0.29, 0.717) is 11.6 Å². The molecule has 1 atom stereocenters. The summed E-state index contributed by atoms with van der Waals surface area (Å²) in [5, 5.41) is 14.8. The first kappa shape index (κ1) is 16.3. The van der Waals surface area contributed by atoms with Gasteiger partial charge in [-0.1, -0.05) is 13.8 Å². The van der Waals surface area contributed by atoms with E-state index in [4.69, 9.17) is 4.74 Å². The van der Waals surface area contributed by atoms with E-state index in [1.54, 1.807) is 13.2 Å². The summed E-state index contributed by atoms with van der Waals surface area (Å²) in [7, 11) is 1.61. The number of aliphatic hydroxyl groups is 1. The van der Waals surface area contributed by atoms with E-state index in [9.17, 15) is 9.90 Å². The first-order chi connectivity index (χ1) is 9.46. The lowest BCUT2D eigenvalue weighted by Gasteiger charge is -2.18. The molecule has 0 radical (unpaired) electrons. The number of rotatable bonds is 6. The average molecular weight is 280 g/mol. The van der Waals surface area contributed by atoms with E-state index in [1.807, 2.05) is 19.1 Å². The molecule has 0 aliphatic heterocycles. The summed E-state index contributed by atoms with van der Waals surface area (Å²) in [6.45, 7) is 5.95. The second-order valence-electron chi connectivity index (χ2n) is 5.29. The lowest BCUT2D eigenvalue weighted by Crippen LogP contribution is -2.40. The topological polar surface area (TPSA) is 70.6 Å². The summed E-state index contributed by atoms with van der Waals surface area (Å²) in [4.78, 5) is 11.9. The van der Waals surface area contributed by atoms with Gasteiger partial charge < -0.3 is 20.5 Å². The van der Waals surface area contributed by atoms with Crippen LogP contribution in [0.25, 0.3) is 0 Å². The van der Waals surface area contributed by atoms with Gasteiger partial charge in [-0.2, -0.15) is 0 Å². The fourth-order valence-corrected chi connectivity index (χ4v) is 2.06. The van der Waals surface area contributed by atoms with Crippen LogP contribution in [-0.2, 0) is 0 Å². The molecular weight excluding hydrogens is 256 g/mol. The number of benzene rings is 1. The normalized spacial score (nSPS) is 12.1. The third-order valence-corrected chi connectivity index (χ3v) is 2.96. The lowest BCUT2D eigenvalue weighted by atomic mass is 10.0. The highest BCUT2D eigenvalue weighted by atomic mass is 16.5. The van der Waals surface area contributed by atoms with Gasteiger partial charge in [-0.05, 0) is 43.0 Å². The molecule has 0 heterocycles. The maximum atomic E-state index is 11.9. The van der Waals surface area contributed by atoms with Gasteiger partial charge >= 0.3 is 6.03 Å². The number of aryl methyl sites for hydroxylation is 1. The molecular formula is C15H24N2O3. The molecule has 0 bridgehead atoms. The van der Waals surface area contributed by atoms with Gasteiger partial charge in [0.1, 0.15) is 5.75 Å². The summed E-state index contributed by atoms with van der Waals surface area (Å²) in [5.41, 5.74) is 1.65. The van der Waals surface area contributed by atoms with Crippen molar-refractivity contribution in [2.45, 2.75) is 33.2 Å². The Morgan fingerprint density at radius 1 is 1.40 bits per heavy atom. The molecule has 0 spiro atoms. The van der Waals surface area contributed by atoms with Crippen molar-refractivity contribution >= 4 is 11.7 Å². The monoisotopic (exact) mass is 280 g/mol. The molecule has 1 rings (SSSR count). The zero-order valence-corrected chi connectivity index (χ0v) is 12.6. The van der Waals surface area contributed by atoms with Gasteiger partial charge in [0, 0.05) is 5.69 Å². The predicted molar refractivity (Wildman–Crippen MR) is 80.2 cm³/mol. The van der Waals surface area contributed by atoms with Gasteiger partial charge in [0.05, 0.1) is 19.8 Å². The number of ether oxygens (including phenoxy) is 1. The van der Waals surface area contributed by atoms with Crippen LogP contribution >= 0.6 is 0 Å². The second-order valence-corrected chi connectivity index (χ2v) is 5.29. The van der Waals surface area contributed by atoms with Crippen molar-refractivity contribution in [3.8, 4) is 5.75 Å². The molecule has 3 N–H and O–H groups in total. The zero-order valence-electron chi connectivity index (χ0n) is 12.6. The summed E-state index contributed by atoms with van der Waals surface area (Å²) >= 11 is 0. The predicted octanol–water partition coefficient (Wildman–Crippen LogP) is 2.53. The van der Waals surface area contributed by atoms with Crippen molar-refractivity contribution in [1.82, 2.24) is 5.32 Å². The van der Waals surface area contributed by atoms with Gasteiger partial charge in [-0.3, -0.25) is 0 Å². The fraction of sp³-hybridized carbons (Fsp3) is 0.533. The van der Waals surface area contributed by atoms with Gasteiger partial charge in [0.2, 0.25) is 0 Å². The molecule has 20 heavy (non-hydrogen) atoms. The SMILES string of the molecule is COc1ccc(NC(=O)NC(CO)CC(C)C)cc1C. The van der Waals surface area contributed by atoms with Crippen molar-refractivity contribution in [2.24, 2.45) is 5.92 Å². The van der Waals surface area contributed by atoms with Gasteiger partial charge in [0.25, 0.3) is 0 Å².